The molecule has 3 rings (SSSR count). The Labute approximate surface area is 143 Å². The molecule has 1 saturated heterocycles. The highest BCUT2D eigenvalue weighted by atomic mass is 16.2. The van der Waals surface area contributed by atoms with E-state index in [1.807, 2.05) is 17.0 Å². The molecule has 0 aliphatic carbocycles. The first-order valence-corrected chi connectivity index (χ1v) is 8.37. The lowest BCUT2D eigenvalue weighted by Gasteiger charge is -2.36. The Morgan fingerprint density at radius 1 is 1.17 bits per heavy atom. The van der Waals surface area contributed by atoms with E-state index in [0.29, 0.717) is 6.54 Å². The van der Waals surface area contributed by atoms with Gasteiger partial charge in [0.2, 0.25) is 0 Å². The van der Waals surface area contributed by atoms with Crippen molar-refractivity contribution in [2.45, 2.75) is 20.4 Å². The number of nitrogens with zero attached hydrogens (tertiary/aromatic N) is 3. The van der Waals surface area contributed by atoms with Crippen molar-refractivity contribution in [2.75, 3.05) is 31.1 Å². The molecule has 1 fully saturated rings. The van der Waals surface area contributed by atoms with Crippen LogP contribution in [0.1, 0.15) is 16.7 Å². The minimum Gasteiger partial charge on any atom is -0.368 e. The van der Waals surface area contributed by atoms with Crippen LogP contribution in [0, 0.1) is 13.8 Å². The lowest BCUT2D eigenvalue weighted by atomic mass is 10.1. The quantitative estimate of drug-likeness (QED) is 0.944. The Morgan fingerprint density at radius 3 is 2.62 bits per heavy atom. The Bertz CT molecular complexity index is 694. The van der Waals surface area contributed by atoms with Crippen LogP contribution >= 0.6 is 0 Å². The summed E-state index contributed by atoms with van der Waals surface area (Å²) in [6.45, 7) is 7.99. The molecule has 0 radical (unpaired) electrons. The van der Waals surface area contributed by atoms with E-state index in [2.05, 4.69) is 47.2 Å². The Hall–Kier alpha value is -2.56. The van der Waals surface area contributed by atoms with Crippen molar-refractivity contribution >= 4 is 11.7 Å². The van der Waals surface area contributed by atoms with Gasteiger partial charge in [-0.1, -0.05) is 23.8 Å². The highest BCUT2D eigenvalue weighted by Crippen LogP contribution is 2.22. The van der Waals surface area contributed by atoms with Crippen molar-refractivity contribution in [3.8, 4) is 0 Å². The Kier molecular flexibility index (Phi) is 4.99. The van der Waals surface area contributed by atoms with E-state index < -0.39 is 0 Å². The van der Waals surface area contributed by atoms with Crippen LogP contribution < -0.4 is 10.2 Å². The van der Waals surface area contributed by atoms with Gasteiger partial charge in [-0.25, -0.2) is 4.79 Å². The fourth-order valence-electron chi connectivity index (χ4n) is 3.10. The molecule has 1 aliphatic heterocycles. The summed E-state index contributed by atoms with van der Waals surface area (Å²) in [4.78, 5) is 20.6. The summed E-state index contributed by atoms with van der Waals surface area (Å²) < 4.78 is 0. The van der Waals surface area contributed by atoms with Crippen molar-refractivity contribution in [1.82, 2.24) is 15.2 Å². The van der Waals surface area contributed by atoms with Gasteiger partial charge in [-0.3, -0.25) is 4.98 Å². The zero-order valence-corrected chi connectivity index (χ0v) is 14.3. The number of aromatic nitrogens is 1. The molecule has 0 spiro atoms. The van der Waals surface area contributed by atoms with Crippen LogP contribution in [0.2, 0.25) is 0 Å². The van der Waals surface area contributed by atoms with Gasteiger partial charge in [0, 0.05) is 50.8 Å². The molecule has 2 aromatic rings. The number of piperazine rings is 1. The molecule has 1 N–H and O–H groups in total. The van der Waals surface area contributed by atoms with Gasteiger partial charge >= 0.3 is 6.03 Å². The molecule has 0 saturated carbocycles. The number of pyridine rings is 1. The van der Waals surface area contributed by atoms with Crippen LogP contribution in [0.4, 0.5) is 10.5 Å². The minimum absolute atomic E-state index is 0.000805. The molecule has 1 aliphatic rings. The number of rotatable bonds is 3. The van der Waals surface area contributed by atoms with Crippen LogP contribution in [-0.2, 0) is 6.54 Å². The maximum atomic E-state index is 12.3. The van der Waals surface area contributed by atoms with Crippen LogP contribution in [0.5, 0.6) is 0 Å². The lowest BCUT2D eigenvalue weighted by molar-refractivity contribution is 0.194. The Balaban J connectivity index is 1.52. The highest BCUT2D eigenvalue weighted by molar-refractivity contribution is 5.74. The summed E-state index contributed by atoms with van der Waals surface area (Å²) in [5.74, 6) is 0. The number of hydrogen-bond acceptors (Lipinski definition) is 3. The summed E-state index contributed by atoms with van der Waals surface area (Å²) in [5.41, 5.74) is 4.87. The molecule has 126 valence electrons. The van der Waals surface area contributed by atoms with Gasteiger partial charge in [-0.15, -0.1) is 0 Å². The molecule has 24 heavy (non-hydrogen) atoms. The predicted octanol–water partition coefficient (Wildman–Crippen LogP) is 2.73. The highest BCUT2D eigenvalue weighted by Gasteiger charge is 2.21. The minimum atomic E-state index is -0.000805. The van der Waals surface area contributed by atoms with E-state index in [-0.39, 0.29) is 6.03 Å². The van der Waals surface area contributed by atoms with Gasteiger partial charge < -0.3 is 15.1 Å². The van der Waals surface area contributed by atoms with E-state index in [1.165, 1.54) is 16.8 Å². The van der Waals surface area contributed by atoms with Gasteiger partial charge in [0.1, 0.15) is 0 Å². The largest absolute Gasteiger partial charge is 0.368 e. The summed E-state index contributed by atoms with van der Waals surface area (Å²) in [7, 11) is 0. The second kappa shape index (κ2) is 7.34. The second-order valence-electron chi connectivity index (χ2n) is 6.28. The van der Waals surface area contributed by atoms with Crippen LogP contribution in [0.25, 0.3) is 0 Å². The fraction of sp³-hybridized carbons (Fsp3) is 0.368. The number of nitrogens with one attached hydrogen (secondary N) is 1. The third-order valence-electron chi connectivity index (χ3n) is 4.43. The molecule has 1 aromatic carbocycles. The van der Waals surface area contributed by atoms with Gasteiger partial charge in [0.15, 0.2) is 0 Å². The molecular weight excluding hydrogens is 300 g/mol. The molecule has 2 amide bonds. The van der Waals surface area contributed by atoms with Gasteiger partial charge in [-0.2, -0.15) is 0 Å². The van der Waals surface area contributed by atoms with Gasteiger partial charge in [0.25, 0.3) is 0 Å². The number of benzene rings is 1. The molecule has 1 aromatic heterocycles. The average molecular weight is 324 g/mol. The van der Waals surface area contributed by atoms with Crippen LogP contribution in [-0.4, -0.2) is 42.1 Å². The monoisotopic (exact) mass is 324 g/mol. The lowest BCUT2D eigenvalue weighted by Crippen LogP contribution is -2.51. The zero-order chi connectivity index (χ0) is 16.9. The van der Waals surface area contributed by atoms with E-state index in [0.717, 1.165) is 31.7 Å². The van der Waals surface area contributed by atoms with E-state index in [1.54, 1.807) is 12.4 Å². The number of carbonyl (C=O) groups is 1. The van der Waals surface area contributed by atoms with Crippen molar-refractivity contribution in [1.29, 1.82) is 0 Å². The van der Waals surface area contributed by atoms with Crippen molar-refractivity contribution < 1.29 is 4.79 Å². The SMILES string of the molecule is Cc1ccc(N2CCN(C(=O)NCc3cccnc3)CC2)c(C)c1. The smallest absolute Gasteiger partial charge is 0.317 e. The van der Waals surface area contributed by atoms with E-state index in [9.17, 15) is 4.79 Å². The molecule has 0 atom stereocenters. The first-order chi connectivity index (χ1) is 11.6. The topological polar surface area (TPSA) is 48.5 Å². The normalized spacial score (nSPS) is 14.6. The summed E-state index contributed by atoms with van der Waals surface area (Å²) in [5, 5.41) is 2.97. The molecule has 5 heteroatoms. The number of hydrogen-bond donors (Lipinski definition) is 1. The van der Waals surface area contributed by atoms with Crippen LogP contribution in [0.15, 0.2) is 42.7 Å². The molecule has 0 unspecified atom stereocenters. The average Bonchev–Trinajstić information content (AvgIpc) is 2.61. The standard InChI is InChI=1S/C19H24N4O/c1-15-5-6-18(16(2)12-15)22-8-10-23(11-9-22)19(24)21-14-17-4-3-7-20-13-17/h3-7,12-13H,8-11,14H2,1-2H3,(H,21,24). The molecule has 5 nitrogen and oxygen atoms in total. The number of amides is 2. The number of aryl methyl sites for hydroxylation is 2. The third-order valence-corrected chi connectivity index (χ3v) is 4.43. The molecule has 0 bridgehead atoms. The summed E-state index contributed by atoms with van der Waals surface area (Å²) >= 11 is 0. The van der Waals surface area contributed by atoms with E-state index >= 15 is 0 Å². The molecular formula is C19H24N4O. The van der Waals surface area contributed by atoms with Crippen molar-refractivity contribution in [3.63, 3.8) is 0 Å². The fourth-order valence-corrected chi connectivity index (χ4v) is 3.10. The Morgan fingerprint density at radius 2 is 1.96 bits per heavy atom. The maximum absolute atomic E-state index is 12.3. The second-order valence-corrected chi connectivity index (χ2v) is 6.28. The predicted molar refractivity (Wildman–Crippen MR) is 96.2 cm³/mol. The zero-order valence-electron chi connectivity index (χ0n) is 14.3. The van der Waals surface area contributed by atoms with Crippen LogP contribution in [0.3, 0.4) is 0 Å². The number of urea groups is 1. The van der Waals surface area contributed by atoms with Crippen molar-refractivity contribution in [3.05, 3.63) is 59.4 Å². The molecule has 2 heterocycles. The van der Waals surface area contributed by atoms with E-state index in [4.69, 9.17) is 0 Å². The third kappa shape index (κ3) is 3.85. The van der Waals surface area contributed by atoms with Crippen molar-refractivity contribution in [2.24, 2.45) is 0 Å². The number of anilines is 1. The maximum Gasteiger partial charge on any atom is 0.317 e. The number of carbonyl (C=O) groups excluding carboxylic acids is 1. The first-order valence-electron chi connectivity index (χ1n) is 8.37. The summed E-state index contributed by atoms with van der Waals surface area (Å²) in [6, 6.07) is 10.4. The van der Waals surface area contributed by atoms with Gasteiger partial charge in [-0.05, 0) is 37.1 Å². The summed E-state index contributed by atoms with van der Waals surface area (Å²) in [6.07, 6.45) is 3.51. The first kappa shape index (κ1) is 16.3. The van der Waals surface area contributed by atoms with Gasteiger partial charge in [0.05, 0.1) is 0 Å².